The van der Waals surface area contributed by atoms with Gasteiger partial charge in [0.1, 0.15) is 0 Å². The summed E-state index contributed by atoms with van der Waals surface area (Å²) in [7, 11) is 1.78. The maximum absolute atomic E-state index is 7.33. The van der Waals surface area contributed by atoms with E-state index in [1.165, 1.54) is 0 Å². The van der Waals surface area contributed by atoms with Crippen molar-refractivity contribution in [3.05, 3.63) is 30.1 Å². The van der Waals surface area contributed by atoms with Gasteiger partial charge < -0.3 is 10.6 Å². The normalized spacial score (nSPS) is 10.4. The number of hydrogen-bond donors (Lipinski definition) is 2. The first-order valence-electron chi connectivity index (χ1n) is 5.86. The zero-order chi connectivity index (χ0) is 13.7. The van der Waals surface area contributed by atoms with Crippen molar-refractivity contribution in [2.75, 3.05) is 11.4 Å². The van der Waals surface area contributed by atoms with Crippen LogP contribution >= 0.6 is 0 Å². The number of aryl methyl sites for hydroxylation is 1. The van der Waals surface area contributed by atoms with Crippen LogP contribution in [0.2, 0.25) is 0 Å². The Morgan fingerprint density at radius 3 is 2.95 bits per heavy atom. The molecule has 0 aromatic carbocycles. The van der Waals surface area contributed by atoms with Crippen LogP contribution in [0.1, 0.15) is 12.0 Å². The highest BCUT2D eigenvalue weighted by atomic mass is 15.6. The van der Waals surface area contributed by atoms with Gasteiger partial charge in [-0.2, -0.15) is 0 Å². The second-order valence-electron chi connectivity index (χ2n) is 4.16. The lowest BCUT2D eigenvalue weighted by atomic mass is 10.2. The van der Waals surface area contributed by atoms with Crippen molar-refractivity contribution in [3.63, 3.8) is 0 Å². The summed E-state index contributed by atoms with van der Waals surface area (Å²) >= 11 is 0. The number of pyridine rings is 1. The highest BCUT2D eigenvalue weighted by Gasteiger charge is 2.14. The predicted octanol–water partition coefficient (Wildman–Crippen LogP) is -0.0622. The van der Waals surface area contributed by atoms with Crippen LogP contribution in [-0.4, -0.2) is 37.6 Å². The molecular weight excluding hydrogens is 244 g/mol. The summed E-state index contributed by atoms with van der Waals surface area (Å²) in [5.41, 5.74) is 6.46. The third-order valence-corrected chi connectivity index (χ3v) is 2.63. The SMILES string of the molecule is Cn1nnnc1N(CCC(=N)N)Cc1cccnc1. The Hall–Kier alpha value is -2.51. The van der Waals surface area contributed by atoms with Crippen LogP contribution < -0.4 is 10.6 Å². The van der Waals surface area contributed by atoms with Gasteiger partial charge in [0.25, 0.3) is 0 Å². The van der Waals surface area contributed by atoms with Crippen LogP contribution in [0.25, 0.3) is 0 Å². The van der Waals surface area contributed by atoms with Crippen molar-refractivity contribution in [1.29, 1.82) is 5.41 Å². The van der Waals surface area contributed by atoms with Crippen LogP contribution in [0.15, 0.2) is 24.5 Å². The van der Waals surface area contributed by atoms with E-state index in [2.05, 4.69) is 20.5 Å². The van der Waals surface area contributed by atoms with Crippen molar-refractivity contribution in [3.8, 4) is 0 Å². The van der Waals surface area contributed by atoms with Gasteiger partial charge in [-0.25, -0.2) is 4.68 Å². The Labute approximate surface area is 110 Å². The average molecular weight is 260 g/mol. The molecule has 0 amide bonds. The number of anilines is 1. The number of nitrogens with zero attached hydrogens (tertiary/aromatic N) is 6. The Kier molecular flexibility index (Phi) is 4.01. The number of nitrogens with one attached hydrogen (secondary N) is 1. The first kappa shape index (κ1) is 12.9. The molecule has 100 valence electrons. The van der Waals surface area contributed by atoms with Gasteiger partial charge >= 0.3 is 0 Å². The third kappa shape index (κ3) is 3.47. The summed E-state index contributed by atoms with van der Waals surface area (Å²) in [6.45, 7) is 1.20. The molecule has 0 unspecified atom stereocenters. The van der Waals surface area contributed by atoms with Crippen LogP contribution in [0.3, 0.4) is 0 Å². The molecule has 0 saturated heterocycles. The zero-order valence-electron chi connectivity index (χ0n) is 10.7. The molecule has 0 spiro atoms. The molecule has 0 aliphatic carbocycles. The smallest absolute Gasteiger partial charge is 0.245 e. The molecule has 0 aliphatic rings. The average Bonchev–Trinajstić information content (AvgIpc) is 2.82. The molecule has 0 atom stereocenters. The van der Waals surface area contributed by atoms with E-state index >= 15 is 0 Å². The Morgan fingerprint density at radius 2 is 2.37 bits per heavy atom. The fraction of sp³-hybridized carbons (Fsp3) is 0.364. The van der Waals surface area contributed by atoms with E-state index in [0.717, 1.165) is 5.56 Å². The lowest BCUT2D eigenvalue weighted by molar-refractivity contribution is 0.677. The number of aromatic nitrogens is 5. The Bertz CT molecular complexity index is 535. The van der Waals surface area contributed by atoms with Gasteiger partial charge in [-0.05, 0) is 22.1 Å². The fourth-order valence-electron chi connectivity index (χ4n) is 1.71. The van der Waals surface area contributed by atoms with Gasteiger partial charge in [-0.1, -0.05) is 11.2 Å². The van der Waals surface area contributed by atoms with E-state index in [0.29, 0.717) is 25.5 Å². The molecule has 3 N–H and O–H groups in total. The predicted molar refractivity (Wildman–Crippen MR) is 70.6 cm³/mol. The van der Waals surface area contributed by atoms with Gasteiger partial charge in [0.2, 0.25) is 5.95 Å². The molecule has 2 rings (SSSR count). The molecule has 0 bridgehead atoms. The largest absolute Gasteiger partial charge is 0.388 e. The minimum atomic E-state index is 0.145. The summed E-state index contributed by atoms with van der Waals surface area (Å²) in [4.78, 5) is 6.06. The minimum Gasteiger partial charge on any atom is -0.388 e. The summed E-state index contributed by atoms with van der Waals surface area (Å²) in [6.07, 6.45) is 3.99. The number of tetrazole rings is 1. The van der Waals surface area contributed by atoms with E-state index in [4.69, 9.17) is 11.1 Å². The van der Waals surface area contributed by atoms with E-state index in [1.807, 2.05) is 17.0 Å². The minimum absolute atomic E-state index is 0.145. The maximum atomic E-state index is 7.33. The summed E-state index contributed by atoms with van der Waals surface area (Å²) < 4.78 is 1.59. The standard InChI is InChI=1S/C11H16N8/c1-18-11(15-16-17-18)19(6-4-10(12)13)8-9-3-2-5-14-7-9/h2-3,5,7H,4,6,8H2,1H3,(H3,12,13). The number of amidine groups is 1. The maximum Gasteiger partial charge on any atom is 0.245 e. The number of rotatable bonds is 6. The fourth-order valence-corrected chi connectivity index (χ4v) is 1.71. The second-order valence-corrected chi connectivity index (χ2v) is 4.16. The molecule has 0 radical (unpaired) electrons. The molecule has 2 heterocycles. The first-order chi connectivity index (χ1) is 9.16. The summed E-state index contributed by atoms with van der Waals surface area (Å²) in [5.74, 6) is 0.788. The molecule has 2 aromatic rings. The molecule has 0 aliphatic heterocycles. The van der Waals surface area contributed by atoms with Crippen molar-refractivity contribution in [2.24, 2.45) is 12.8 Å². The second kappa shape index (κ2) is 5.89. The van der Waals surface area contributed by atoms with E-state index in [1.54, 1.807) is 24.1 Å². The molecule has 8 heteroatoms. The third-order valence-electron chi connectivity index (χ3n) is 2.63. The van der Waals surface area contributed by atoms with Crippen molar-refractivity contribution in [1.82, 2.24) is 25.2 Å². The molecule has 19 heavy (non-hydrogen) atoms. The monoisotopic (exact) mass is 260 g/mol. The van der Waals surface area contributed by atoms with E-state index in [9.17, 15) is 0 Å². The van der Waals surface area contributed by atoms with Crippen molar-refractivity contribution in [2.45, 2.75) is 13.0 Å². The quantitative estimate of drug-likeness (QED) is 0.556. The van der Waals surface area contributed by atoms with Gasteiger partial charge in [-0.15, -0.1) is 0 Å². The molecule has 2 aromatic heterocycles. The summed E-state index contributed by atoms with van der Waals surface area (Å²) in [5, 5.41) is 18.8. The molecular formula is C11H16N8. The Morgan fingerprint density at radius 1 is 1.53 bits per heavy atom. The molecule has 8 nitrogen and oxygen atoms in total. The van der Waals surface area contributed by atoms with Gasteiger partial charge in [0, 0.05) is 39.0 Å². The zero-order valence-corrected chi connectivity index (χ0v) is 10.7. The highest BCUT2D eigenvalue weighted by molar-refractivity contribution is 5.77. The van der Waals surface area contributed by atoms with Gasteiger partial charge in [0.15, 0.2) is 0 Å². The van der Waals surface area contributed by atoms with Crippen LogP contribution in [0, 0.1) is 5.41 Å². The lowest BCUT2D eigenvalue weighted by Crippen LogP contribution is -2.29. The highest BCUT2D eigenvalue weighted by Crippen LogP contribution is 2.12. The van der Waals surface area contributed by atoms with Crippen LogP contribution in [0.5, 0.6) is 0 Å². The van der Waals surface area contributed by atoms with Crippen molar-refractivity contribution < 1.29 is 0 Å². The Balaban J connectivity index is 2.15. The van der Waals surface area contributed by atoms with Crippen LogP contribution in [-0.2, 0) is 13.6 Å². The van der Waals surface area contributed by atoms with Crippen molar-refractivity contribution >= 4 is 11.8 Å². The number of nitrogens with two attached hydrogens (primary N) is 1. The van der Waals surface area contributed by atoms with Crippen LogP contribution in [0.4, 0.5) is 5.95 Å². The molecule has 0 saturated carbocycles. The number of hydrogen-bond acceptors (Lipinski definition) is 6. The van der Waals surface area contributed by atoms with E-state index in [-0.39, 0.29) is 5.84 Å². The summed E-state index contributed by atoms with van der Waals surface area (Å²) in [6, 6.07) is 3.87. The van der Waals surface area contributed by atoms with Gasteiger partial charge in [0.05, 0.1) is 5.84 Å². The lowest BCUT2D eigenvalue weighted by Gasteiger charge is -2.21. The first-order valence-corrected chi connectivity index (χ1v) is 5.86. The van der Waals surface area contributed by atoms with Gasteiger partial charge in [-0.3, -0.25) is 10.4 Å². The topological polar surface area (TPSA) is 110 Å². The molecule has 0 fully saturated rings. The van der Waals surface area contributed by atoms with E-state index < -0.39 is 0 Å².